The van der Waals surface area contributed by atoms with Crippen LogP contribution in [0.1, 0.15) is 38.2 Å². The average Bonchev–Trinajstić information content (AvgIpc) is 2.96. The Morgan fingerprint density at radius 1 is 1.03 bits per heavy atom. The van der Waals surface area contributed by atoms with E-state index in [1.165, 1.54) is 44.7 Å². The second-order valence-corrected chi connectivity index (χ2v) is 8.29. The zero-order chi connectivity index (χ0) is 20.3. The molecule has 0 atom stereocenters. The Labute approximate surface area is 177 Å². The number of aliphatic imine (C=N–C) groups is 1. The van der Waals surface area contributed by atoms with Crippen LogP contribution in [0.4, 0.5) is 0 Å². The number of nitrogens with one attached hydrogen (secondary N) is 1. The maximum absolute atomic E-state index is 4.94. The van der Waals surface area contributed by atoms with Crippen molar-refractivity contribution in [2.24, 2.45) is 4.99 Å². The van der Waals surface area contributed by atoms with Gasteiger partial charge in [0.15, 0.2) is 5.96 Å². The van der Waals surface area contributed by atoms with Gasteiger partial charge in [-0.25, -0.2) is 0 Å². The van der Waals surface area contributed by atoms with Crippen molar-refractivity contribution in [1.82, 2.24) is 20.0 Å². The molecule has 0 radical (unpaired) electrons. The molecule has 0 spiro atoms. The number of hydrogen-bond acceptors (Lipinski definition) is 3. The molecule has 1 N–H and O–H groups in total. The maximum atomic E-state index is 4.94. The van der Waals surface area contributed by atoms with Gasteiger partial charge in [0.05, 0.1) is 0 Å². The first-order valence-electron chi connectivity index (χ1n) is 11.4. The summed E-state index contributed by atoms with van der Waals surface area (Å²) in [5.74, 6) is 1.10. The van der Waals surface area contributed by atoms with E-state index in [2.05, 4.69) is 70.4 Å². The number of piperidine rings is 1. The van der Waals surface area contributed by atoms with Gasteiger partial charge in [0.1, 0.15) is 0 Å². The van der Waals surface area contributed by atoms with E-state index in [-0.39, 0.29) is 0 Å². The van der Waals surface area contributed by atoms with Crippen molar-refractivity contribution in [1.29, 1.82) is 0 Å². The lowest BCUT2D eigenvalue weighted by atomic mass is 10.0. The molecule has 3 rings (SSSR count). The first-order chi connectivity index (χ1) is 14.2. The van der Waals surface area contributed by atoms with Crippen LogP contribution >= 0.6 is 0 Å². The van der Waals surface area contributed by atoms with Gasteiger partial charge in [0.2, 0.25) is 0 Å². The third-order valence-electron chi connectivity index (χ3n) is 5.92. The van der Waals surface area contributed by atoms with Crippen LogP contribution in [0, 0.1) is 0 Å². The Bertz CT molecular complexity index is 644. The average molecular weight is 398 g/mol. The van der Waals surface area contributed by atoms with Crippen molar-refractivity contribution >= 4 is 12.0 Å². The molecule has 2 saturated heterocycles. The van der Waals surface area contributed by atoms with E-state index >= 15 is 0 Å². The summed E-state index contributed by atoms with van der Waals surface area (Å²) in [5.41, 5.74) is 2.87. The van der Waals surface area contributed by atoms with Crippen molar-refractivity contribution in [3.63, 3.8) is 0 Å². The zero-order valence-electron chi connectivity index (χ0n) is 18.4. The topological polar surface area (TPSA) is 34.1 Å². The first kappa shape index (κ1) is 21.8. The van der Waals surface area contributed by atoms with E-state index in [0.717, 1.165) is 51.4 Å². The number of hydrogen-bond donors (Lipinski definition) is 1. The summed E-state index contributed by atoms with van der Waals surface area (Å²) in [4.78, 5) is 12.4. The summed E-state index contributed by atoms with van der Waals surface area (Å²) < 4.78 is 0. The molecule has 2 fully saturated rings. The fourth-order valence-corrected chi connectivity index (χ4v) is 4.16. The monoisotopic (exact) mass is 397 g/mol. The van der Waals surface area contributed by atoms with Crippen molar-refractivity contribution in [2.45, 2.75) is 32.6 Å². The quantitative estimate of drug-likeness (QED) is 0.454. The molecule has 29 heavy (non-hydrogen) atoms. The molecule has 1 aromatic carbocycles. The number of benzene rings is 1. The molecule has 1 aromatic rings. The minimum absolute atomic E-state index is 0.915. The lowest BCUT2D eigenvalue weighted by Gasteiger charge is -2.31. The van der Waals surface area contributed by atoms with Crippen LogP contribution in [0.25, 0.3) is 6.08 Å². The largest absolute Gasteiger partial charge is 0.357 e. The molecule has 0 aliphatic carbocycles. The molecule has 0 unspecified atom stereocenters. The summed E-state index contributed by atoms with van der Waals surface area (Å²) >= 11 is 0. The van der Waals surface area contributed by atoms with Gasteiger partial charge in [-0.3, -0.25) is 4.99 Å². The fraction of sp³-hybridized carbons (Fsp3) is 0.625. The molecule has 2 aliphatic heterocycles. The van der Waals surface area contributed by atoms with Gasteiger partial charge in [-0.05, 0) is 64.9 Å². The standard InChI is InChI=1S/C24H39N5/c1-3-25-24(26-13-7-15-28-16-8-14-27(2)19-20-28)29-17-11-23(12-18-29)21-22-9-5-4-6-10-22/h4-6,9-10,21H,3,7-8,11-20H2,1-2H3,(H,25,26). The van der Waals surface area contributed by atoms with Gasteiger partial charge in [0, 0.05) is 39.3 Å². The van der Waals surface area contributed by atoms with Crippen molar-refractivity contribution in [3.8, 4) is 0 Å². The summed E-state index contributed by atoms with van der Waals surface area (Å²) in [6.07, 6.45) is 7.04. The lowest BCUT2D eigenvalue weighted by molar-refractivity contribution is 0.274. The molecule has 5 heteroatoms. The summed E-state index contributed by atoms with van der Waals surface area (Å²) in [6, 6.07) is 10.7. The minimum Gasteiger partial charge on any atom is -0.357 e. The highest BCUT2D eigenvalue weighted by Crippen LogP contribution is 2.19. The Morgan fingerprint density at radius 3 is 2.59 bits per heavy atom. The van der Waals surface area contributed by atoms with Gasteiger partial charge >= 0.3 is 0 Å². The first-order valence-corrected chi connectivity index (χ1v) is 11.4. The van der Waals surface area contributed by atoms with Crippen LogP contribution in [0.15, 0.2) is 40.9 Å². The van der Waals surface area contributed by atoms with E-state index in [1.807, 2.05) is 0 Å². The van der Waals surface area contributed by atoms with E-state index in [4.69, 9.17) is 4.99 Å². The van der Waals surface area contributed by atoms with Crippen LogP contribution in [-0.2, 0) is 0 Å². The number of likely N-dealkylation sites (tertiary alicyclic amines) is 1. The molecule has 0 amide bonds. The summed E-state index contributed by atoms with van der Waals surface area (Å²) in [5, 5.41) is 3.51. The van der Waals surface area contributed by atoms with Crippen LogP contribution in [0.2, 0.25) is 0 Å². The SMILES string of the molecule is CCNC(=NCCCN1CCCN(C)CC1)N1CCC(=Cc2ccccc2)CC1. The molecule has 160 valence electrons. The predicted molar refractivity (Wildman–Crippen MR) is 124 cm³/mol. The number of rotatable bonds is 6. The normalized spacial score (nSPS) is 19.9. The smallest absolute Gasteiger partial charge is 0.193 e. The van der Waals surface area contributed by atoms with Gasteiger partial charge in [-0.2, -0.15) is 0 Å². The van der Waals surface area contributed by atoms with E-state index in [0.29, 0.717) is 0 Å². The van der Waals surface area contributed by atoms with Crippen LogP contribution < -0.4 is 5.32 Å². The second-order valence-electron chi connectivity index (χ2n) is 8.29. The third-order valence-corrected chi connectivity index (χ3v) is 5.92. The molecular weight excluding hydrogens is 358 g/mol. The molecular formula is C24H39N5. The highest BCUT2D eigenvalue weighted by molar-refractivity contribution is 5.80. The Morgan fingerprint density at radius 2 is 1.83 bits per heavy atom. The molecule has 0 bridgehead atoms. The van der Waals surface area contributed by atoms with Gasteiger partial charge < -0.3 is 20.0 Å². The predicted octanol–water partition coefficient (Wildman–Crippen LogP) is 3.16. The lowest BCUT2D eigenvalue weighted by Crippen LogP contribution is -2.44. The zero-order valence-corrected chi connectivity index (χ0v) is 18.4. The van der Waals surface area contributed by atoms with Crippen LogP contribution in [0.3, 0.4) is 0 Å². The Kier molecular flexibility index (Phi) is 9.03. The van der Waals surface area contributed by atoms with Gasteiger partial charge in [-0.1, -0.05) is 42.0 Å². The molecule has 0 aromatic heterocycles. The van der Waals surface area contributed by atoms with Gasteiger partial charge in [0.25, 0.3) is 0 Å². The molecule has 0 saturated carbocycles. The van der Waals surface area contributed by atoms with Crippen molar-refractivity contribution in [2.75, 3.05) is 66.0 Å². The molecule has 2 heterocycles. The summed E-state index contributed by atoms with van der Waals surface area (Å²) in [7, 11) is 2.23. The van der Waals surface area contributed by atoms with E-state index < -0.39 is 0 Å². The second kappa shape index (κ2) is 12.0. The number of nitrogens with zero attached hydrogens (tertiary/aromatic N) is 4. The highest BCUT2D eigenvalue weighted by atomic mass is 15.3. The number of likely N-dealkylation sites (N-methyl/N-ethyl adjacent to an activating group) is 1. The maximum Gasteiger partial charge on any atom is 0.193 e. The van der Waals surface area contributed by atoms with E-state index in [1.54, 1.807) is 5.57 Å². The van der Waals surface area contributed by atoms with Gasteiger partial charge in [-0.15, -0.1) is 0 Å². The third kappa shape index (κ3) is 7.48. The van der Waals surface area contributed by atoms with E-state index in [9.17, 15) is 0 Å². The van der Waals surface area contributed by atoms with Crippen molar-refractivity contribution in [3.05, 3.63) is 41.5 Å². The van der Waals surface area contributed by atoms with Crippen molar-refractivity contribution < 1.29 is 0 Å². The minimum atomic E-state index is 0.915. The van der Waals surface area contributed by atoms with Crippen LogP contribution in [-0.4, -0.2) is 86.6 Å². The Hall–Kier alpha value is -1.85. The molecule has 2 aliphatic rings. The fourth-order valence-electron chi connectivity index (χ4n) is 4.16. The Balaban J connectivity index is 1.45. The molecule has 5 nitrogen and oxygen atoms in total. The van der Waals surface area contributed by atoms with Crippen LogP contribution in [0.5, 0.6) is 0 Å². The summed E-state index contributed by atoms with van der Waals surface area (Å²) in [6.45, 7) is 12.1. The highest BCUT2D eigenvalue weighted by Gasteiger charge is 2.17. The number of guanidine groups is 1.